The van der Waals surface area contributed by atoms with Gasteiger partial charge in [0.1, 0.15) is 12.2 Å². The molecule has 0 radical (unpaired) electrons. The number of nitrogens with zero attached hydrogens (tertiary/aromatic N) is 1. The SMILES string of the molecule is CC(=O)O[C@H]1CC[C@@]2(CC#N)C(=CCC3C2CC[C@@]2(C)C3CC[C@@H]2OC(C)=O)C1. The van der Waals surface area contributed by atoms with E-state index in [4.69, 9.17) is 9.47 Å². The minimum atomic E-state index is -0.215. The van der Waals surface area contributed by atoms with Crippen molar-refractivity contribution in [2.45, 2.75) is 90.8 Å². The van der Waals surface area contributed by atoms with Crippen molar-refractivity contribution in [2.24, 2.45) is 28.6 Å². The standard InChI is InChI=1S/C24H33NO4/c1-15(26)28-18-8-11-24(12-13-25)17(14-18)4-5-19-20-6-7-22(29-16(2)27)23(20,3)10-9-21(19)24/h4,18-22H,5-12,14H2,1-3H3/t18-,19?,20?,21?,22-,23-,24+/m0/s1. The molecule has 4 rings (SSSR count). The van der Waals surface area contributed by atoms with E-state index < -0.39 is 0 Å². The molecule has 0 aliphatic heterocycles. The van der Waals surface area contributed by atoms with Crippen molar-refractivity contribution in [3.8, 4) is 6.07 Å². The monoisotopic (exact) mass is 399 g/mol. The highest BCUT2D eigenvalue weighted by Crippen LogP contribution is 2.66. The molecule has 0 aromatic carbocycles. The molecule has 0 bridgehead atoms. The van der Waals surface area contributed by atoms with E-state index in [-0.39, 0.29) is 35.0 Å². The van der Waals surface area contributed by atoms with Gasteiger partial charge in [-0.1, -0.05) is 18.6 Å². The van der Waals surface area contributed by atoms with Gasteiger partial charge in [-0.25, -0.2) is 0 Å². The molecule has 0 N–H and O–H groups in total. The van der Waals surface area contributed by atoms with E-state index in [1.807, 2.05) is 0 Å². The number of carbonyl (C=O) groups excluding carboxylic acids is 2. The molecule has 4 aliphatic rings. The largest absolute Gasteiger partial charge is 0.462 e. The first-order valence-corrected chi connectivity index (χ1v) is 11.2. The molecule has 5 heteroatoms. The lowest BCUT2D eigenvalue weighted by Crippen LogP contribution is -2.52. The van der Waals surface area contributed by atoms with Gasteiger partial charge in [0.25, 0.3) is 0 Å². The average Bonchev–Trinajstić information content (AvgIpc) is 2.97. The summed E-state index contributed by atoms with van der Waals surface area (Å²) in [5.74, 6) is 1.22. The Balaban J connectivity index is 1.62. The van der Waals surface area contributed by atoms with Crippen molar-refractivity contribution in [1.82, 2.24) is 0 Å². The summed E-state index contributed by atoms with van der Waals surface area (Å²) in [4.78, 5) is 23.1. The molecule has 158 valence electrons. The molecule has 0 saturated heterocycles. The number of hydrogen-bond acceptors (Lipinski definition) is 5. The van der Waals surface area contributed by atoms with Crippen LogP contribution in [0.5, 0.6) is 0 Å². The maximum absolute atomic E-state index is 11.6. The minimum Gasteiger partial charge on any atom is -0.462 e. The predicted octanol–water partition coefficient (Wildman–Crippen LogP) is 4.71. The van der Waals surface area contributed by atoms with Crippen molar-refractivity contribution in [1.29, 1.82) is 5.26 Å². The molecule has 0 spiro atoms. The van der Waals surface area contributed by atoms with Crippen molar-refractivity contribution in [3.05, 3.63) is 11.6 Å². The predicted molar refractivity (Wildman–Crippen MR) is 107 cm³/mol. The Morgan fingerprint density at radius 1 is 1.10 bits per heavy atom. The van der Waals surface area contributed by atoms with Crippen LogP contribution < -0.4 is 0 Å². The number of rotatable bonds is 3. The highest BCUT2D eigenvalue weighted by atomic mass is 16.5. The van der Waals surface area contributed by atoms with Gasteiger partial charge in [-0.05, 0) is 62.7 Å². The van der Waals surface area contributed by atoms with Gasteiger partial charge >= 0.3 is 11.9 Å². The Kier molecular flexibility index (Phi) is 5.25. The van der Waals surface area contributed by atoms with Gasteiger partial charge in [0.2, 0.25) is 0 Å². The highest BCUT2D eigenvalue weighted by Gasteiger charge is 2.60. The summed E-state index contributed by atoms with van der Waals surface area (Å²) < 4.78 is 11.3. The van der Waals surface area contributed by atoms with E-state index in [1.165, 1.54) is 19.4 Å². The second-order valence-electron chi connectivity index (χ2n) is 10.0. The fourth-order valence-electron chi connectivity index (χ4n) is 7.58. The lowest BCUT2D eigenvalue weighted by atomic mass is 9.46. The Morgan fingerprint density at radius 3 is 2.55 bits per heavy atom. The second-order valence-corrected chi connectivity index (χ2v) is 10.0. The molecular weight excluding hydrogens is 366 g/mol. The topological polar surface area (TPSA) is 76.4 Å². The third-order valence-electron chi connectivity index (χ3n) is 8.73. The maximum atomic E-state index is 11.6. The van der Waals surface area contributed by atoms with Crippen LogP contribution in [0.25, 0.3) is 0 Å². The van der Waals surface area contributed by atoms with E-state index in [0.29, 0.717) is 24.2 Å². The van der Waals surface area contributed by atoms with Crippen molar-refractivity contribution in [2.75, 3.05) is 0 Å². The van der Waals surface area contributed by atoms with Gasteiger partial charge in [0.05, 0.1) is 6.07 Å². The average molecular weight is 400 g/mol. The zero-order valence-corrected chi connectivity index (χ0v) is 17.9. The highest BCUT2D eigenvalue weighted by molar-refractivity contribution is 5.66. The van der Waals surface area contributed by atoms with Crippen LogP contribution in [0.15, 0.2) is 11.6 Å². The number of nitriles is 1. The first kappa shape index (κ1) is 20.4. The molecule has 3 fully saturated rings. The summed E-state index contributed by atoms with van der Waals surface area (Å²) in [7, 11) is 0. The summed E-state index contributed by atoms with van der Waals surface area (Å²) in [6.07, 6.45) is 10.7. The van der Waals surface area contributed by atoms with Crippen LogP contribution in [0.1, 0.15) is 78.6 Å². The number of carbonyl (C=O) groups is 2. The molecule has 7 atom stereocenters. The number of esters is 2. The minimum absolute atomic E-state index is 0.0305. The van der Waals surface area contributed by atoms with Crippen LogP contribution in [-0.2, 0) is 19.1 Å². The smallest absolute Gasteiger partial charge is 0.302 e. The molecule has 4 aliphatic carbocycles. The second kappa shape index (κ2) is 7.45. The summed E-state index contributed by atoms with van der Waals surface area (Å²) in [5.41, 5.74) is 1.35. The van der Waals surface area contributed by atoms with Crippen LogP contribution in [0.2, 0.25) is 0 Å². The van der Waals surface area contributed by atoms with Gasteiger partial charge in [-0.15, -0.1) is 0 Å². The number of ether oxygens (including phenoxy) is 2. The summed E-state index contributed by atoms with van der Waals surface area (Å²) in [6.45, 7) is 5.31. The maximum Gasteiger partial charge on any atom is 0.302 e. The van der Waals surface area contributed by atoms with Crippen molar-refractivity contribution >= 4 is 11.9 Å². The fraction of sp³-hybridized carbons (Fsp3) is 0.792. The molecule has 3 unspecified atom stereocenters. The van der Waals surface area contributed by atoms with Crippen molar-refractivity contribution in [3.63, 3.8) is 0 Å². The van der Waals surface area contributed by atoms with Gasteiger partial charge in [-0.2, -0.15) is 5.26 Å². The number of allylic oxidation sites excluding steroid dienone is 1. The number of hydrogen-bond donors (Lipinski definition) is 0. The first-order valence-electron chi connectivity index (χ1n) is 11.2. The number of fused-ring (bicyclic) bond motifs is 5. The molecule has 0 aromatic rings. The molecule has 3 saturated carbocycles. The van der Waals surface area contributed by atoms with E-state index >= 15 is 0 Å². The third-order valence-corrected chi connectivity index (χ3v) is 8.73. The molecular formula is C24H33NO4. The Labute approximate surface area is 173 Å². The molecule has 0 amide bonds. The zero-order chi connectivity index (χ0) is 20.8. The Morgan fingerprint density at radius 2 is 1.86 bits per heavy atom. The quantitative estimate of drug-likeness (QED) is 0.507. The zero-order valence-electron chi connectivity index (χ0n) is 17.9. The van der Waals surface area contributed by atoms with Crippen LogP contribution in [0.4, 0.5) is 0 Å². The normalized spacial score (nSPS) is 43.1. The van der Waals surface area contributed by atoms with Gasteiger partial charge < -0.3 is 9.47 Å². The van der Waals surface area contributed by atoms with Crippen LogP contribution in [0, 0.1) is 39.9 Å². The van der Waals surface area contributed by atoms with Crippen LogP contribution in [-0.4, -0.2) is 24.1 Å². The van der Waals surface area contributed by atoms with E-state index in [0.717, 1.165) is 51.4 Å². The van der Waals surface area contributed by atoms with Gasteiger partial charge in [0.15, 0.2) is 0 Å². The molecule has 0 aromatic heterocycles. The van der Waals surface area contributed by atoms with Crippen molar-refractivity contribution < 1.29 is 19.1 Å². The molecule has 29 heavy (non-hydrogen) atoms. The van der Waals surface area contributed by atoms with E-state index in [1.54, 1.807) is 0 Å². The van der Waals surface area contributed by atoms with E-state index in [2.05, 4.69) is 19.1 Å². The Bertz CT molecular complexity index is 767. The summed E-state index contributed by atoms with van der Waals surface area (Å²) >= 11 is 0. The third kappa shape index (κ3) is 3.29. The van der Waals surface area contributed by atoms with E-state index in [9.17, 15) is 14.9 Å². The summed E-state index contributed by atoms with van der Waals surface area (Å²) in [5, 5.41) is 9.71. The first-order chi connectivity index (χ1) is 13.8. The van der Waals surface area contributed by atoms with Gasteiger partial charge in [0, 0.05) is 37.5 Å². The van der Waals surface area contributed by atoms with Crippen LogP contribution in [0.3, 0.4) is 0 Å². The lowest BCUT2D eigenvalue weighted by molar-refractivity contribution is -0.157. The molecule has 5 nitrogen and oxygen atoms in total. The fourth-order valence-corrected chi connectivity index (χ4v) is 7.58. The van der Waals surface area contributed by atoms with Crippen LogP contribution >= 0.6 is 0 Å². The summed E-state index contributed by atoms with van der Waals surface area (Å²) in [6, 6.07) is 2.50. The Hall–Kier alpha value is -1.83. The lowest BCUT2D eigenvalue weighted by Gasteiger charge is -2.58. The molecule has 0 heterocycles. The van der Waals surface area contributed by atoms with Gasteiger partial charge in [-0.3, -0.25) is 9.59 Å².